The predicted octanol–water partition coefficient (Wildman–Crippen LogP) is 4.92. The van der Waals surface area contributed by atoms with E-state index in [4.69, 9.17) is 14.6 Å². The molecule has 1 atom stereocenters. The molecule has 7 nitrogen and oxygen atoms in total. The number of amides is 1. The van der Waals surface area contributed by atoms with Gasteiger partial charge in [-0.2, -0.15) is 10.4 Å². The van der Waals surface area contributed by atoms with E-state index in [1.807, 2.05) is 66.9 Å². The highest BCUT2D eigenvalue weighted by atomic mass is 16.5. The molecule has 1 unspecified atom stereocenters. The smallest absolute Gasteiger partial charge is 0.262 e. The summed E-state index contributed by atoms with van der Waals surface area (Å²) >= 11 is 0. The number of carbonyl (C=O) groups excluding carboxylic acids is 1. The number of carbonyl (C=O) groups is 1. The Morgan fingerprint density at radius 1 is 1.26 bits per heavy atom. The van der Waals surface area contributed by atoms with E-state index in [9.17, 15) is 10.1 Å². The summed E-state index contributed by atoms with van der Waals surface area (Å²) in [6.07, 6.45) is 7.42. The van der Waals surface area contributed by atoms with Crippen LogP contribution < -0.4 is 10.1 Å². The van der Waals surface area contributed by atoms with Gasteiger partial charge in [0.15, 0.2) is 0 Å². The van der Waals surface area contributed by atoms with Gasteiger partial charge in [-0.05, 0) is 61.7 Å². The maximum absolute atomic E-state index is 12.7. The Hall–Kier alpha value is -3.89. The van der Waals surface area contributed by atoms with Crippen molar-refractivity contribution in [2.24, 2.45) is 0 Å². The molecule has 4 rings (SSSR count). The molecule has 7 heteroatoms. The Morgan fingerprint density at radius 3 is 2.74 bits per heavy atom. The lowest BCUT2D eigenvalue weighted by Gasteiger charge is -2.10. The highest BCUT2D eigenvalue weighted by Crippen LogP contribution is 2.27. The normalized spacial score (nSPS) is 15.5. The average molecular weight is 471 g/mol. The van der Waals surface area contributed by atoms with Crippen molar-refractivity contribution in [3.63, 3.8) is 0 Å². The summed E-state index contributed by atoms with van der Waals surface area (Å²) in [7, 11) is 0. The lowest BCUT2D eigenvalue weighted by molar-refractivity contribution is -0.117. The van der Waals surface area contributed by atoms with E-state index in [0.717, 1.165) is 42.7 Å². The van der Waals surface area contributed by atoms with Crippen LogP contribution in [-0.2, 0) is 9.53 Å². The van der Waals surface area contributed by atoms with Crippen LogP contribution in [0, 0.1) is 11.3 Å². The quantitative estimate of drug-likeness (QED) is 0.258. The van der Waals surface area contributed by atoms with Gasteiger partial charge in [0.05, 0.1) is 24.1 Å². The van der Waals surface area contributed by atoms with Gasteiger partial charge in [-0.15, -0.1) is 0 Å². The summed E-state index contributed by atoms with van der Waals surface area (Å²) in [5, 5.41) is 17.3. The van der Waals surface area contributed by atoms with Crippen molar-refractivity contribution in [2.75, 3.05) is 19.8 Å². The summed E-state index contributed by atoms with van der Waals surface area (Å²) in [6.45, 7) is 3.92. The number of rotatable bonds is 10. The third kappa shape index (κ3) is 6.37. The van der Waals surface area contributed by atoms with Crippen LogP contribution in [0.5, 0.6) is 5.75 Å². The SMILES string of the molecule is CCCCOc1ccc(-c2nn(-c3ccccc3)cc2C=C(C#N)C(=O)NCC2CCCO2)cc1. The highest BCUT2D eigenvalue weighted by Gasteiger charge is 2.19. The second-order valence-electron chi connectivity index (χ2n) is 8.45. The molecular formula is C28H30N4O3. The van der Waals surface area contributed by atoms with E-state index in [-0.39, 0.29) is 11.7 Å². The zero-order chi connectivity index (χ0) is 24.5. The molecule has 3 aromatic rings. The molecule has 0 saturated carbocycles. The third-order valence-corrected chi connectivity index (χ3v) is 5.84. The van der Waals surface area contributed by atoms with E-state index in [1.54, 1.807) is 10.8 Å². The summed E-state index contributed by atoms with van der Waals surface area (Å²) in [4.78, 5) is 12.7. The van der Waals surface area contributed by atoms with Crippen LogP contribution in [0.1, 0.15) is 38.2 Å². The second-order valence-corrected chi connectivity index (χ2v) is 8.45. The molecule has 0 spiro atoms. The van der Waals surface area contributed by atoms with Crippen molar-refractivity contribution in [1.29, 1.82) is 5.26 Å². The van der Waals surface area contributed by atoms with E-state index in [0.29, 0.717) is 31.0 Å². The van der Waals surface area contributed by atoms with Crippen LogP contribution in [0.3, 0.4) is 0 Å². The first kappa shape index (κ1) is 24.2. The number of nitriles is 1. The fourth-order valence-electron chi connectivity index (χ4n) is 3.88. The van der Waals surface area contributed by atoms with E-state index in [2.05, 4.69) is 12.2 Å². The Morgan fingerprint density at radius 2 is 2.06 bits per heavy atom. The largest absolute Gasteiger partial charge is 0.494 e. The molecule has 1 aliphatic heterocycles. The second kappa shape index (κ2) is 12.0. The molecule has 1 aromatic heterocycles. The molecular weight excluding hydrogens is 440 g/mol. The van der Waals surface area contributed by atoms with E-state index in [1.165, 1.54) is 0 Å². The molecule has 1 N–H and O–H groups in total. The van der Waals surface area contributed by atoms with E-state index < -0.39 is 5.91 Å². The predicted molar refractivity (Wildman–Crippen MR) is 135 cm³/mol. The number of unbranched alkanes of at least 4 members (excludes halogenated alkanes) is 1. The van der Waals surface area contributed by atoms with Crippen molar-refractivity contribution < 1.29 is 14.3 Å². The molecule has 35 heavy (non-hydrogen) atoms. The lowest BCUT2D eigenvalue weighted by Crippen LogP contribution is -2.32. The van der Waals surface area contributed by atoms with Gasteiger partial charge < -0.3 is 14.8 Å². The van der Waals surface area contributed by atoms with Crippen molar-refractivity contribution >= 4 is 12.0 Å². The number of hydrogen-bond donors (Lipinski definition) is 1. The Balaban J connectivity index is 1.62. The molecule has 1 saturated heterocycles. The van der Waals surface area contributed by atoms with Crippen molar-refractivity contribution in [1.82, 2.24) is 15.1 Å². The summed E-state index contributed by atoms with van der Waals surface area (Å²) in [5.41, 5.74) is 3.13. The van der Waals surface area contributed by atoms with Gasteiger partial charge in [-0.1, -0.05) is 31.5 Å². The van der Waals surface area contributed by atoms with Crippen LogP contribution in [0.4, 0.5) is 0 Å². The van der Waals surface area contributed by atoms with Gasteiger partial charge in [-0.25, -0.2) is 4.68 Å². The van der Waals surface area contributed by atoms with Crippen molar-refractivity contribution in [3.8, 4) is 28.8 Å². The topological polar surface area (TPSA) is 89.2 Å². The molecule has 0 bridgehead atoms. The molecule has 2 aromatic carbocycles. The molecule has 1 aliphatic rings. The molecule has 0 radical (unpaired) electrons. The number of hydrogen-bond acceptors (Lipinski definition) is 5. The molecule has 2 heterocycles. The first-order chi connectivity index (χ1) is 17.2. The molecule has 1 fully saturated rings. The minimum atomic E-state index is -0.416. The van der Waals surface area contributed by atoms with E-state index >= 15 is 0 Å². The fraction of sp³-hybridized carbons (Fsp3) is 0.321. The Bertz CT molecular complexity index is 1190. The van der Waals surface area contributed by atoms with Crippen molar-refractivity contribution in [3.05, 3.63) is 71.9 Å². The summed E-state index contributed by atoms with van der Waals surface area (Å²) < 4.78 is 13.1. The number of nitrogens with zero attached hydrogens (tertiary/aromatic N) is 3. The van der Waals surface area contributed by atoms with Crippen molar-refractivity contribution in [2.45, 2.75) is 38.7 Å². The zero-order valence-corrected chi connectivity index (χ0v) is 19.9. The Labute approximate surface area is 206 Å². The summed E-state index contributed by atoms with van der Waals surface area (Å²) in [6, 6.07) is 19.5. The minimum absolute atomic E-state index is 0.00773. The van der Waals surface area contributed by atoms with Gasteiger partial charge in [-0.3, -0.25) is 4.79 Å². The van der Waals surface area contributed by atoms with Crippen LogP contribution in [0.2, 0.25) is 0 Å². The number of benzene rings is 2. The van der Waals surface area contributed by atoms with Gasteiger partial charge >= 0.3 is 0 Å². The van der Waals surface area contributed by atoms with Crippen LogP contribution >= 0.6 is 0 Å². The first-order valence-electron chi connectivity index (χ1n) is 12.1. The molecule has 1 amide bonds. The molecule has 0 aliphatic carbocycles. The number of para-hydroxylation sites is 1. The zero-order valence-electron chi connectivity index (χ0n) is 19.9. The molecule has 180 valence electrons. The van der Waals surface area contributed by atoms with Gasteiger partial charge in [0.25, 0.3) is 5.91 Å². The van der Waals surface area contributed by atoms with Crippen LogP contribution in [-0.4, -0.2) is 41.6 Å². The average Bonchev–Trinajstić information content (AvgIpc) is 3.57. The monoisotopic (exact) mass is 470 g/mol. The standard InChI is InChI=1S/C28H30N4O3/c1-2-3-15-34-25-13-11-21(12-14-25)27-23(20-32(31-27)24-8-5-4-6-9-24)17-22(18-29)28(33)30-19-26-10-7-16-35-26/h4-6,8-9,11-14,17,20,26H,2-3,7,10,15-16,19H2,1H3,(H,30,33). The van der Waals surface area contributed by atoms with Crippen LogP contribution in [0.25, 0.3) is 23.0 Å². The maximum Gasteiger partial charge on any atom is 0.262 e. The first-order valence-corrected chi connectivity index (χ1v) is 12.1. The fourth-order valence-corrected chi connectivity index (χ4v) is 3.88. The number of nitrogens with one attached hydrogen (secondary N) is 1. The maximum atomic E-state index is 12.7. The number of aromatic nitrogens is 2. The highest BCUT2D eigenvalue weighted by molar-refractivity contribution is 6.02. The third-order valence-electron chi connectivity index (χ3n) is 5.84. The summed E-state index contributed by atoms with van der Waals surface area (Å²) in [5.74, 6) is 0.383. The lowest BCUT2D eigenvalue weighted by atomic mass is 10.1. The van der Waals surface area contributed by atoms with Gasteiger partial charge in [0.1, 0.15) is 17.4 Å². The minimum Gasteiger partial charge on any atom is -0.494 e. The van der Waals surface area contributed by atoms with Gasteiger partial charge in [0.2, 0.25) is 0 Å². The van der Waals surface area contributed by atoms with Crippen LogP contribution in [0.15, 0.2) is 66.4 Å². The Kier molecular flexibility index (Phi) is 8.31. The van der Waals surface area contributed by atoms with Gasteiger partial charge in [0, 0.05) is 30.5 Å². The number of ether oxygens (including phenoxy) is 2.